The molecule has 0 bridgehead atoms. The fraction of sp³-hybridized carbons (Fsp3) is 0. The Hall–Kier alpha value is 0.614. The molecule has 2 aromatic rings. The van der Waals surface area contributed by atoms with Gasteiger partial charge in [0.15, 0.2) is 0 Å². The van der Waals surface area contributed by atoms with E-state index in [2.05, 4.69) is 0 Å². The van der Waals surface area contributed by atoms with Crippen LogP contribution in [0.15, 0.2) is 60.7 Å². The minimum Gasteiger partial charge on any atom is -0.121 e. The van der Waals surface area contributed by atoms with Crippen LogP contribution in [0.3, 0.4) is 0 Å². The van der Waals surface area contributed by atoms with Crippen LogP contribution in [-0.2, 0) is 0 Å². The Morgan fingerprint density at radius 3 is 0.850 bits per heavy atom. The zero-order valence-electron chi connectivity index (χ0n) is 10.0. The second kappa shape index (κ2) is 8.30. The van der Waals surface area contributed by atoms with Crippen LogP contribution in [0.1, 0.15) is 0 Å². The number of hydrogen-bond donors (Lipinski definition) is 0. The van der Waals surface area contributed by atoms with E-state index >= 15 is 0 Å². The summed E-state index contributed by atoms with van der Waals surface area (Å²) in [5.41, 5.74) is 0. The molecule has 2 rings (SSSR count). The molecule has 8 heteroatoms. The Bertz CT molecular complexity index is 457. The SMILES string of the molecule is Cl[Si](Cl)(Cl)c1ccccc1.Cl[Si](Cl)(Cl)c1ccccc1. The summed E-state index contributed by atoms with van der Waals surface area (Å²) in [5.74, 6) is 0. The number of rotatable bonds is 2. The summed E-state index contributed by atoms with van der Waals surface area (Å²) in [6.07, 6.45) is 0. The van der Waals surface area contributed by atoms with Gasteiger partial charge in [-0.3, -0.25) is 0 Å². The first kappa shape index (κ1) is 18.7. The lowest BCUT2D eigenvalue weighted by molar-refractivity contribution is 1.77. The van der Waals surface area contributed by atoms with Crippen molar-refractivity contribution in [1.29, 1.82) is 0 Å². The number of benzene rings is 2. The van der Waals surface area contributed by atoms with Gasteiger partial charge in [0.25, 0.3) is 0 Å². The van der Waals surface area contributed by atoms with Crippen molar-refractivity contribution in [2.75, 3.05) is 0 Å². The zero-order chi connectivity index (χ0) is 15.2. The minimum absolute atomic E-state index is 0.833. The molecule has 0 N–H and O–H groups in total. The quantitative estimate of drug-likeness (QED) is 0.466. The van der Waals surface area contributed by atoms with Gasteiger partial charge in [0, 0.05) is 0 Å². The highest BCUT2D eigenvalue weighted by molar-refractivity contribution is 7.70. The largest absolute Gasteiger partial charge is 0.372 e. The summed E-state index contributed by atoms with van der Waals surface area (Å²) in [6.45, 7) is 0. The maximum atomic E-state index is 5.73. The Balaban J connectivity index is 0.000000200. The third kappa shape index (κ3) is 7.05. The van der Waals surface area contributed by atoms with E-state index in [1.807, 2.05) is 60.7 Å². The van der Waals surface area contributed by atoms with Gasteiger partial charge in [-0.2, -0.15) is 0 Å². The fourth-order valence-electron chi connectivity index (χ4n) is 1.25. The lowest BCUT2D eigenvalue weighted by atomic mass is 10.4. The molecule has 0 aliphatic heterocycles. The van der Waals surface area contributed by atoms with E-state index in [1.54, 1.807) is 0 Å². The number of halogens is 6. The van der Waals surface area contributed by atoms with E-state index < -0.39 is 12.0 Å². The maximum Gasteiger partial charge on any atom is 0.372 e. The lowest BCUT2D eigenvalue weighted by Crippen LogP contribution is -2.29. The van der Waals surface area contributed by atoms with E-state index in [4.69, 9.17) is 66.5 Å². The van der Waals surface area contributed by atoms with Crippen LogP contribution >= 0.6 is 66.5 Å². The standard InChI is InChI=1S/2C6H5Cl3Si/c2*7-10(8,9)6-4-2-1-3-5-6/h2*1-5H. The van der Waals surface area contributed by atoms with E-state index in [0.29, 0.717) is 0 Å². The van der Waals surface area contributed by atoms with E-state index in [-0.39, 0.29) is 0 Å². The molecular weight excluding hydrogens is 413 g/mol. The molecule has 0 fully saturated rings. The average molecular weight is 423 g/mol. The van der Waals surface area contributed by atoms with Gasteiger partial charge in [0.1, 0.15) is 0 Å². The predicted molar refractivity (Wildman–Crippen MR) is 98.8 cm³/mol. The normalized spacial score (nSPS) is 11.5. The predicted octanol–water partition coefficient (Wildman–Crippen LogP) is 5.10. The minimum atomic E-state index is -2.62. The van der Waals surface area contributed by atoms with Crippen molar-refractivity contribution >= 4 is 88.9 Å². The highest BCUT2D eigenvalue weighted by Crippen LogP contribution is 2.19. The van der Waals surface area contributed by atoms with Crippen molar-refractivity contribution in [2.45, 2.75) is 0 Å². The summed E-state index contributed by atoms with van der Waals surface area (Å²) in [7, 11) is 0. The van der Waals surface area contributed by atoms with E-state index in [9.17, 15) is 0 Å². The summed E-state index contributed by atoms with van der Waals surface area (Å²) < 4.78 is 0. The van der Waals surface area contributed by atoms with Crippen LogP contribution in [0.4, 0.5) is 0 Å². The van der Waals surface area contributed by atoms with Gasteiger partial charge < -0.3 is 0 Å². The molecule has 2 aromatic carbocycles. The second-order valence-electron chi connectivity index (χ2n) is 3.73. The first-order valence-electron chi connectivity index (χ1n) is 5.46. The summed E-state index contributed by atoms with van der Waals surface area (Å²) >= 11 is 34.4. The Morgan fingerprint density at radius 1 is 0.450 bits per heavy atom. The molecule has 0 amide bonds. The van der Waals surface area contributed by atoms with Crippen molar-refractivity contribution in [3.63, 3.8) is 0 Å². The van der Waals surface area contributed by atoms with Gasteiger partial charge in [-0.05, 0) is 10.4 Å². The summed E-state index contributed by atoms with van der Waals surface area (Å²) in [5, 5.41) is 1.67. The fourth-order valence-corrected chi connectivity index (χ4v) is 4.66. The molecule has 0 heterocycles. The van der Waals surface area contributed by atoms with Crippen molar-refractivity contribution < 1.29 is 0 Å². The number of hydrogen-bond acceptors (Lipinski definition) is 0. The third-order valence-corrected chi connectivity index (χ3v) is 8.11. The van der Waals surface area contributed by atoms with Gasteiger partial charge in [0.2, 0.25) is 0 Å². The molecular formula is C12H10Cl6Si2. The molecule has 0 aromatic heterocycles. The molecule has 0 saturated carbocycles. The zero-order valence-corrected chi connectivity index (χ0v) is 16.6. The van der Waals surface area contributed by atoms with E-state index in [0.717, 1.165) is 10.4 Å². The Labute approximate surface area is 148 Å². The molecule has 0 spiro atoms. The second-order valence-corrected chi connectivity index (χ2v) is 20.6. The van der Waals surface area contributed by atoms with Crippen LogP contribution < -0.4 is 10.4 Å². The van der Waals surface area contributed by atoms with Gasteiger partial charge in [-0.15, -0.1) is 66.5 Å². The van der Waals surface area contributed by atoms with Crippen LogP contribution in [0.2, 0.25) is 0 Å². The monoisotopic (exact) mass is 420 g/mol. The van der Waals surface area contributed by atoms with Crippen molar-refractivity contribution in [1.82, 2.24) is 0 Å². The summed E-state index contributed by atoms with van der Waals surface area (Å²) in [4.78, 5) is 0. The van der Waals surface area contributed by atoms with Crippen LogP contribution in [0.5, 0.6) is 0 Å². The highest BCUT2D eigenvalue weighted by Gasteiger charge is 2.27. The maximum absolute atomic E-state index is 5.73. The van der Waals surface area contributed by atoms with Crippen LogP contribution in [0, 0.1) is 0 Å². The molecule has 0 atom stereocenters. The smallest absolute Gasteiger partial charge is 0.121 e. The molecule has 0 radical (unpaired) electrons. The topological polar surface area (TPSA) is 0 Å². The molecule has 20 heavy (non-hydrogen) atoms. The first-order chi connectivity index (χ1) is 9.21. The molecule has 0 aliphatic carbocycles. The Kier molecular flexibility index (Phi) is 7.74. The van der Waals surface area contributed by atoms with E-state index in [1.165, 1.54) is 0 Å². The molecule has 0 saturated heterocycles. The Morgan fingerprint density at radius 2 is 0.700 bits per heavy atom. The average Bonchev–Trinajstić information content (AvgIpc) is 2.40. The van der Waals surface area contributed by atoms with Crippen molar-refractivity contribution in [3.8, 4) is 0 Å². The summed E-state index contributed by atoms with van der Waals surface area (Å²) in [6, 6.07) is 13.4. The third-order valence-electron chi connectivity index (χ3n) is 2.20. The van der Waals surface area contributed by atoms with Gasteiger partial charge in [-0.1, -0.05) is 60.7 Å². The van der Waals surface area contributed by atoms with Crippen molar-refractivity contribution in [2.24, 2.45) is 0 Å². The molecule has 0 aliphatic rings. The van der Waals surface area contributed by atoms with Gasteiger partial charge in [-0.25, -0.2) is 0 Å². The van der Waals surface area contributed by atoms with Crippen molar-refractivity contribution in [3.05, 3.63) is 60.7 Å². The van der Waals surface area contributed by atoms with Gasteiger partial charge >= 0.3 is 12.0 Å². The lowest BCUT2D eigenvalue weighted by Gasteiger charge is -2.05. The molecule has 0 unspecified atom stereocenters. The first-order valence-corrected chi connectivity index (χ1v) is 15.5. The van der Waals surface area contributed by atoms with Gasteiger partial charge in [0.05, 0.1) is 0 Å². The highest BCUT2D eigenvalue weighted by atomic mass is 35.8. The van der Waals surface area contributed by atoms with Crippen LogP contribution in [-0.4, -0.2) is 12.0 Å². The molecule has 108 valence electrons. The molecule has 0 nitrogen and oxygen atoms in total. The van der Waals surface area contributed by atoms with Crippen LogP contribution in [0.25, 0.3) is 0 Å².